The van der Waals surface area contributed by atoms with Gasteiger partial charge in [0.1, 0.15) is 17.0 Å². The van der Waals surface area contributed by atoms with Crippen molar-refractivity contribution in [3.8, 4) is 5.75 Å². The number of anilines is 1. The lowest BCUT2D eigenvalue weighted by Crippen LogP contribution is -2.52. The van der Waals surface area contributed by atoms with Gasteiger partial charge in [-0.2, -0.15) is 0 Å². The van der Waals surface area contributed by atoms with Crippen molar-refractivity contribution < 1.29 is 29.0 Å². The second-order valence-electron chi connectivity index (χ2n) is 6.79. The van der Waals surface area contributed by atoms with E-state index < -0.39 is 29.2 Å². The van der Waals surface area contributed by atoms with Crippen molar-refractivity contribution in [1.82, 2.24) is 4.90 Å². The number of methoxy groups -OCH3 is 1. The fourth-order valence-electron chi connectivity index (χ4n) is 3.42. The fraction of sp³-hybridized carbons (Fsp3) is 0.227. The van der Waals surface area contributed by atoms with Gasteiger partial charge in [0, 0.05) is 11.3 Å². The summed E-state index contributed by atoms with van der Waals surface area (Å²) in [6, 6.07) is 11.7. The minimum atomic E-state index is -2.48. The molecule has 0 bridgehead atoms. The van der Waals surface area contributed by atoms with Gasteiger partial charge in [0.2, 0.25) is 5.72 Å². The van der Waals surface area contributed by atoms with Crippen molar-refractivity contribution in [3.63, 3.8) is 0 Å². The first-order valence-electron chi connectivity index (χ1n) is 9.51. The highest BCUT2D eigenvalue weighted by molar-refractivity contribution is 6.15. The number of nitrogens with two attached hydrogens (primary N) is 1. The SMILES string of the molecule is CCOC(=O)C1=C(Nc2ccccc2C)C(=O)N(C(N)=O)C1(O)c1ccc(OC)cc1. The van der Waals surface area contributed by atoms with Crippen LogP contribution in [0.2, 0.25) is 0 Å². The van der Waals surface area contributed by atoms with Crippen molar-refractivity contribution in [2.45, 2.75) is 19.6 Å². The van der Waals surface area contributed by atoms with Crippen LogP contribution in [0.15, 0.2) is 59.8 Å². The molecule has 2 aromatic rings. The van der Waals surface area contributed by atoms with Gasteiger partial charge in [-0.25, -0.2) is 14.5 Å². The number of aryl methyl sites for hydroxylation is 1. The van der Waals surface area contributed by atoms with E-state index in [2.05, 4.69) is 5.32 Å². The van der Waals surface area contributed by atoms with Crippen molar-refractivity contribution in [3.05, 3.63) is 70.9 Å². The predicted octanol–water partition coefficient (Wildman–Crippen LogP) is 2.00. The summed E-state index contributed by atoms with van der Waals surface area (Å²) in [6.45, 7) is 3.37. The standard InChI is InChI=1S/C22H23N3O6/c1-4-31-20(27)17-18(24-16-8-6-5-7-13(16)2)19(26)25(21(23)28)22(17,29)14-9-11-15(30-3)12-10-14/h5-12,24,29H,4H2,1-3H3,(H2,23,28). The van der Waals surface area contributed by atoms with E-state index in [4.69, 9.17) is 15.2 Å². The molecule has 4 N–H and O–H groups in total. The maximum absolute atomic E-state index is 13.2. The van der Waals surface area contributed by atoms with E-state index in [9.17, 15) is 19.5 Å². The molecule has 0 radical (unpaired) electrons. The molecule has 9 heteroatoms. The molecule has 3 amide bonds. The molecule has 0 aliphatic carbocycles. The fourth-order valence-corrected chi connectivity index (χ4v) is 3.42. The minimum Gasteiger partial charge on any atom is -0.497 e. The third kappa shape index (κ3) is 3.71. The molecule has 0 saturated carbocycles. The maximum Gasteiger partial charge on any atom is 0.341 e. The first kappa shape index (κ1) is 21.8. The number of primary amides is 1. The average molecular weight is 425 g/mol. The summed E-state index contributed by atoms with van der Waals surface area (Å²) in [6.07, 6.45) is 0. The van der Waals surface area contributed by atoms with Gasteiger partial charge in [0.25, 0.3) is 5.91 Å². The average Bonchev–Trinajstić information content (AvgIpc) is 2.97. The topological polar surface area (TPSA) is 131 Å². The first-order valence-corrected chi connectivity index (χ1v) is 9.51. The zero-order valence-corrected chi connectivity index (χ0v) is 17.3. The number of imide groups is 1. The number of hydrogen-bond donors (Lipinski definition) is 3. The van der Waals surface area contributed by atoms with Gasteiger partial charge in [-0.15, -0.1) is 0 Å². The number of nitrogens with one attached hydrogen (secondary N) is 1. The number of amides is 3. The van der Waals surface area contributed by atoms with Crippen LogP contribution < -0.4 is 15.8 Å². The number of rotatable bonds is 6. The third-order valence-electron chi connectivity index (χ3n) is 4.94. The smallest absolute Gasteiger partial charge is 0.341 e. The van der Waals surface area contributed by atoms with Gasteiger partial charge in [0.15, 0.2) is 0 Å². The Bertz CT molecular complexity index is 1060. The number of benzene rings is 2. The molecular formula is C22H23N3O6. The van der Waals surface area contributed by atoms with Gasteiger partial charge in [-0.1, -0.05) is 30.3 Å². The molecule has 2 aromatic carbocycles. The number of esters is 1. The number of para-hydroxylation sites is 1. The Morgan fingerprint density at radius 2 is 1.81 bits per heavy atom. The Hall–Kier alpha value is -3.85. The molecule has 0 fully saturated rings. The predicted molar refractivity (Wildman–Crippen MR) is 112 cm³/mol. The van der Waals surface area contributed by atoms with Crippen LogP contribution in [0.5, 0.6) is 5.75 Å². The normalized spacial score (nSPS) is 18.2. The number of hydrogen-bond acceptors (Lipinski definition) is 7. The molecule has 0 saturated heterocycles. The summed E-state index contributed by atoms with van der Waals surface area (Å²) in [7, 11) is 1.46. The molecule has 162 valence electrons. The van der Waals surface area contributed by atoms with E-state index in [-0.39, 0.29) is 17.9 Å². The van der Waals surface area contributed by atoms with Crippen LogP contribution in [0, 0.1) is 6.92 Å². The lowest BCUT2D eigenvalue weighted by Gasteiger charge is -2.32. The van der Waals surface area contributed by atoms with Crippen LogP contribution in [-0.2, 0) is 20.1 Å². The highest BCUT2D eigenvalue weighted by Gasteiger charge is 2.58. The van der Waals surface area contributed by atoms with Gasteiger partial charge >= 0.3 is 12.0 Å². The van der Waals surface area contributed by atoms with Gasteiger partial charge < -0.3 is 25.6 Å². The summed E-state index contributed by atoms with van der Waals surface area (Å²) in [5.41, 5.74) is 3.58. The Balaban J connectivity index is 2.26. The molecule has 1 unspecified atom stereocenters. The molecule has 9 nitrogen and oxygen atoms in total. The maximum atomic E-state index is 13.2. The van der Waals surface area contributed by atoms with Gasteiger partial charge in [0.05, 0.1) is 13.7 Å². The third-order valence-corrected chi connectivity index (χ3v) is 4.94. The molecule has 1 heterocycles. The number of carbonyl (C=O) groups is 3. The lowest BCUT2D eigenvalue weighted by atomic mass is 9.94. The number of urea groups is 1. The Morgan fingerprint density at radius 3 is 2.35 bits per heavy atom. The number of ether oxygens (including phenoxy) is 2. The summed E-state index contributed by atoms with van der Waals surface area (Å²) in [5, 5.41) is 14.5. The van der Waals surface area contributed by atoms with Crippen LogP contribution >= 0.6 is 0 Å². The molecule has 1 aliphatic heterocycles. The Morgan fingerprint density at radius 1 is 1.16 bits per heavy atom. The molecule has 3 rings (SSSR count). The first-order chi connectivity index (χ1) is 14.7. The number of aliphatic hydroxyl groups is 1. The second kappa shape index (κ2) is 8.49. The van der Waals surface area contributed by atoms with Crippen molar-refractivity contribution in [1.29, 1.82) is 0 Å². The highest BCUT2D eigenvalue weighted by Crippen LogP contribution is 2.43. The summed E-state index contributed by atoms with van der Waals surface area (Å²) in [4.78, 5) is 38.8. The molecular weight excluding hydrogens is 402 g/mol. The zero-order valence-electron chi connectivity index (χ0n) is 17.3. The summed E-state index contributed by atoms with van der Waals surface area (Å²) >= 11 is 0. The van der Waals surface area contributed by atoms with Crippen molar-refractivity contribution >= 4 is 23.6 Å². The van der Waals surface area contributed by atoms with E-state index in [1.807, 2.05) is 0 Å². The van der Waals surface area contributed by atoms with E-state index in [0.29, 0.717) is 16.3 Å². The van der Waals surface area contributed by atoms with Crippen LogP contribution in [0.25, 0.3) is 0 Å². The second-order valence-corrected chi connectivity index (χ2v) is 6.79. The molecule has 31 heavy (non-hydrogen) atoms. The largest absolute Gasteiger partial charge is 0.497 e. The van der Waals surface area contributed by atoms with E-state index in [1.54, 1.807) is 38.1 Å². The van der Waals surface area contributed by atoms with E-state index in [0.717, 1.165) is 5.56 Å². The minimum absolute atomic E-state index is 0.0105. The van der Waals surface area contributed by atoms with Crippen LogP contribution in [0.3, 0.4) is 0 Å². The van der Waals surface area contributed by atoms with Crippen LogP contribution in [0.1, 0.15) is 18.1 Å². The Kier molecular flexibility index (Phi) is 5.98. The Labute approximate surface area is 179 Å². The molecule has 1 aliphatic rings. The van der Waals surface area contributed by atoms with Crippen molar-refractivity contribution in [2.75, 3.05) is 19.0 Å². The zero-order chi connectivity index (χ0) is 22.8. The molecule has 0 aromatic heterocycles. The summed E-state index contributed by atoms with van der Waals surface area (Å²) < 4.78 is 10.2. The van der Waals surface area contributed by atoms with Crippen molar-refractivity contribution in [2.24, 2.45) is 5.73 Å². The van der Waals surface area contributed by atoms with E-state index in [1.165, 1.54) is 31.4 Å². The highest BCUT2D eigenvalue weighted by atomic mass is 16.5. The van der Waals surface area contributed by atoms with Gasteiger partial charge in [-0.05, 0) is 37.6 Å². The molecule has 0 spiro atoms. The lowest BCUT2D eigenvalue weighted by molar-refractivity contribution is -0.146. The monoisotopic (exact) mass is 425 g/mol. The number of carbonyl (C=O) groups excluding carboxylic acids is 3. The number of nitrogens with zero attached hydrogens (tertiary/aromatic N) is 1. The quantitative estimate of drug-likeness (QED) is 0.603. The van der Waals surface area contributed by atoms with E-state index >= 15 is 0 Å². The summed E-state index contributed by atoms with van der Waals surface area (Å²) in [5.74, 6) is -1.45. The molecule has 1 atom stereocenters. The van der Waals surface area contributed by atoms with Crippen LogP contribution in [0.4, 0.5) is 10.5 Å². The van der Waals surface area contributed by atoms with Gasteiger partial charge in [-0.3, -0.25) is 4.79 Å². The van der Waals surface area contributed by atoms with Crippen LogP contribution in [-0.4, -0.2) is 41.6 Å².